The molecule has 2 nitrogen and oxygen atoms in total. The number of nitrogens with one attached hydrogen (secondary N) is 1. The minimum absolute atomic E-state index is 0.248. The molecule has 1 N–H and O–H groups in total. The second-order valence-corrected chi connectivity index (χ2v) is 4.16. The summed E-state index contributed by atoms with van der Waals surface area (Å²) in [6.07, 6.45) is 0. The first-order valence-corrected chi connectivity index (χ1v) is 5.42. The van der Waals surface area contributed by atoms with Gasteiger partial charge in [-0.3, -0.25) is 0 Å². The van der Waals surface area contributed by atoms with Crippen molar-refractivity contribution in [2.45, 2.75) is 6.04 Å². The molecule has 0 saturated carbocycles. The van der Waals surface area contributed by atoms with E-state index in [9.17, 15) is 0 Å². The van der Waals surface area contributed by atoms with Crippen LogP contribution >= 0.6 is 34.8 Å². The molecular formula is C10H7Cl3N2. The average Bonchev–Trinajstić information content (AvgIpc) is 2.24. The summed E-state index contributed by atoms with van der Waals surface area (Å²) in [5.74, 6) is 0. The SMILES string of the molecule is ClC1=NC(c2ccccc2)C(Cl)=C(Cl)N1. The first-order chi connectivity index (χ1) is 7.18. The lowest BCUT2D eigenvalue weighted by Crippen LogP contribution is -2.22. The van der Waals surface area contributed by atoms with Crippen molar-refractivity contribution < 1.29 is 0 Å². The lowest BCUT2D eigenvalue weighted by Gasteiger charge is -2.19. The summed E-state index contributed by atoms with van der Waals surface area (Å²) in [7, 11) is 0. The highest BCUT2D eigenvalue weighted by molar-refractivity contribution is 6.65. The van der Waals surface area contributed by atoms with Crippen LogP contribution in [0.3, 0.4) is 0 Å². The van der Waals surface area contributed by atoms with E-state index >= 15 is 0 Å². The Kier molecular flexibility index (Phi) is 3.19. The van der Waals surface area contributed by atoms with E-state index in [0.29, 0.717) is 10.2 Å². The molecule has 1 aromatic rings. The van der Waals surface area contributed by atoms with Crippen LogP contribution in [-0.4, -0.2) is 5.29 Å². The maximum absolute atomic E-state index is 6.05. The van der Waals surface area contributed by atoms with E-state index in [1.54, 1.807) is 0 Å². The van der Waals surface area contributed by atoms with Crippen molar-refractivity contribution in [2.24, 2.45) is 4.99 Å². The number of benzene rings is 1. The molecule has 0 fully saturated rings. The molecule has 0 radical (unpaired) electrons. The maximum Gasteiger partial charge on any atom is 0.197 e. The molecule has 1 atom stereocenters. The van der Waals surface area contributed by atoms with Gasteiger partial charge in [0, 0.05) is 0 Å². The predicted molar refractivity (Wildman–Crippen MR) is 64.3 cm³/mol. The molecule has 15 heavy (non-hydrogen) atoms. The van der Waals surface area contributed by atoms with Gasteiger partial charge in [-0.2, -0.15) is 0 Å². The number of amidine groups is 1. The van der Waals surface area contributed by atoms with E-state index < -0.39 is 0 Å². The number of hydrogen-bond donors (Lipinski definition) is 1. The van der Waals surface area contributed by atoms with Gasteiger partial charge in [0.15, 0.2) is 5.29 Å². The minimum atomic E-state index is -0.311. The number of aliphatic imine (C=N–C) groups is 1. The molecule has 1 aliphatic rings. The molecule has 1 unspecified atom stereocenters. The molecule has 0 aliphatic carbocycles. The fourth-order valence-corrected chi connectivity index (χ4v) is 1.98. The molecular weight excluding hydrogens is 254 g/mol. The third-order valence-corrected chi connectivity index (χ3v) is 3.00. The van der Waals surface area contributed by atoms with Gasteiger partial charge in [0.2, 0.25) is 0 Å². The van der Waals surface area contributed by atoms with Gasteiger partial charge in [0.25, 0.3) is 0 Å². The Balaban J connectivity index is 2.40. The molecule has 78 valence electrons. The quantitative estimate of drug-likeness (QED) is 0.768. The van der Waals surface area contributed by atoms with E-state index in [1.165, 1.54) is 0 Å². The molecule has 0 amide bonds. The summed E-state index contributed by atoms with van der Waals surface area (Å²) in [5, 5.41) is 3.68. The van der Waals surface area contributed by atoms with Crippen molar-refractivity contribution in [2.75, 3.05) is 0 Å². The van der Waals surface area contributed by atoms with E-state index in [-0.39, 0.29) is 11.3 Å². The standard InChI is InChI=1S/C10H7Cl3N2/c11-7-8(6-4-2-1-3-5-6)14-10(13)15-9(7)12/h1-5,8H,(H,14,15). The zero-order valence-electron chi connectivity index (χ0n) is 7.55. The largest absolute Gasteiger partial charge is 0.320 e. The normalized spacial score (nSPS) is 21.0. The fourth-order valence-electron chi connectivity index (χ4n) is 1.33. The van der Waals surface area contributed by atoms with E-state index in [1.807, 2.05) is 30.3 Å². The lowest BCUT2D eigenvalue weighted by molar-refractivity contribution is 0.854. The van der Waals surface area contributed by atoms with Gasteiger partial charge in [-0.1, -0.05) is 53.5 Å². The van der Waals surface area contributed by atoms with Crippen LogP contribution in [-0.2, 0) is 0 Å². The monoisotopic (exact) mass is 260 g/mol. The Bertz CT molecular complexity index is 426. The molecule has 1 aliphatic heterocycles. The smallest absolute Gasteiger partial charge is 0.197 e. The number of rotatable bonds is 1. The summed E-state index contributed by atoms with van der Waals surface area (Å²) < 4.78 is 0. The second kappa shape index (κ2) is 4.44. The Hall–Kier alpha value is -0.700. The molecule has 0 bridgehead atoms. The summed E-state index contributed by atoms with van der Waals surface area (Å²) in [4.78, 5) is 4.18. The van der Waals surface area contributed by atoms with Crippen molar-refractivity contribution in [1.29, 1.82) is 0 Å². The lowest BCUT2D eigenvalue weighted by atomic mass is 10.1. The predicted octanol–water partition coefficient (Wildman–Crippen LogP) is 3.57. The van der Waals surface area contributed by atoms with Crippen LogP contribution in [0.5, 0.6) is 0 Å². The highest BCUT2D eigenvalue weighted by atomic mass is 35.5. The Labute approximate surface area is 103 Å². The van der Waals surface area contributed by atoms with Crippen LogP contribution in [0.15, 0.2) is 45.5 Å². The first kappa shape index (κ1) is 10.8. The van der Waals surface area contributed by atoms with Crippen molar-refractivity contribution in [3.63, 3.8) is 0 Å². The highest BCUT2D eigenvalue weighted by Gasteiger charge is 2.22. The van der Waals surface area contributed by atoms with Crippen molar-refractivity contribution in [3.8, 4) is 0 Å². The summed E-state index contributed by atoms with van der Waals surface area (Å²) in [6.45, 7) is 0. The third-order valence-electron chi connectivity index (χ3n) is 2.02. The molecule has 1 aromatic carbocycles. The van der Waals surface area contributed by atoms with E-state index in [4.69, 9.17) is 34.8 Å². The molecule has 1 heterocycles. The van der Waals surface area contributed by atoms with Gasteiger partial charge < -0.3 is 5.32 Å². The van der Waals surface area contributed by atoms with E-state index in [0.717, 1.165) is 5.56 Å². The molecule has 0 saturated heterocycles. The van der Waals surface area contributed by atoms with E-state index in [2.05, 4.69) is 10.3 Å². The van der Waals surface area contributed by atoms with Gasteiger partial charge in [-0.25, -0.2) is 4.99 Å². The van der Waals surface area contributed by atoms with Crippen LogP contribution in [0.4, 0.5) is 0 Å². The number of nitrogens with zero attached hydrogens (tertiary/aromatic N) is 1. The van der Waals surface area contributed by atoms with Crippen LogP contribution in [0.25, 0.3) is 0 Å². The minimum Gasteiger partial charge on any atom is -0.320 e. The topological polar surface area (TPSA) is 24.4 Å². The average molecular weight is 262 g/mol. The molecule has 0 spiro atoms. The molecule has 2 rings (SSSR count). The summed E-state index contributed by atoms with van der Waals surface area (Å²) >= 11 is 17.7. The van der Waals surface area contributed by atoms with Gasteiger partial charge in [0.1, 0.15) is 11.2 Å². The van der Waals surface area contributed by atoms with Crippen LogP contribution in [0, 0.1) is 0 Å². The summed E-state index contributed by atoms with van der Waals surface area (Å²) in [6, 6.07) is 9.30. The zero-order valence-corrected chi connectivity index (χ0v) is 9.81. The van der Waals surface area contributed by atoms with Gasteiger partial charge in [0.05, 0.1) is 5.03 Å². The third kappa shape index (κ3) is 2.28. The Morgan fingerprint density at radius 2 is 1.73 bits per heavy atom. The number of halogens is 3. The van der Waals surface area contributed by atoms with Gasteiger partial charge >= 0.3 is 0 Å². The summed E-state index contributed by atoms with van der Waals surface area (Å²) in [5.41, 5.74) is 0.959. The Morgan fingerprint density at radius 1 is 1.07 bits per heavy atom. The van der Waals surface area contributed by atoms with Gasteiger partial charge in [-0.05, 0) is 17.2 Å². The van der Waals surface area contributed by atoms with Crippen LogP contribution in [0.2, 0.25) is 0 Å². The highest BCUT2D eigenvalue weighted by Crippen LogP contribution is 2.34. The molecule has 0 aromatic heterocycles. The van der Waals surface area contributed by atoms with Crippen molar-refractivity contribution in [3.05, 3.63) is 46.1 Å². The maximum atomic E-state index is 6.05. The van der Waals surface area contributed by atoms with Crippen molar-refractivity contribution in [1.82, 2.24) is 5.32 Å². The fraction of sp³-hybridized carbons (Fsp3) is 0.100. The second-order valence-electron chi connectivity index (χ2n) is 3.02. The molecule has 5 heteroatoms. The van der Waals surface area contributed by atoms with Crippen LogP contribution in [0.1, 0.15) is 11.6 Å². The van der Waals surface area contributed by atoms with Gasteiger partial charge in [-0.15, -0.1) is 0 Å². The zero-order chi connectivity index (χ0) is 10.8. The number of hydrogen-bond acceptors (Lipinski definition) is 2. The Morgan fingerprint density at radius 3 is 2.40 bits per heavy atom. The van der Waals surface area contributed by atoms with Crippen LogP contribution < -0.4 is 5.32 Å². The first-order valence-electron chi connectivity index (χ1n) is 4.29. The van der Waals surface area contributed by atoms with Crippen molar-refractivity contribution >= 4 is 40.1 Å².